The predicted octanol–water partition coefficient (Wildman–Crippen LogP) is 4.26. The van der Waals surface area contributed by atoms with Gasteiger partial charge in [-0.15, -0.1) is 0 Å². The van der Waals surface area contributed by atoms with Crippen LogP contribution in [0.3, 0.4) is 0 Å². The Morgan fingerprint density at radius 3 is 1.77 bits per heavy atom. The number of ketones is 1. The molecule has 2 aromatic carbocycles. The maximum Gasteiger partial charge on any atom is 3.00 e. The van der Waals surface area contributed by atoms with Crippen LogP contribution in [0.5, 0.6) is 0 Å². The van der Waals surface area contributed by atoms with Crippen LogP contribution in [0.2, 0.25) is 0 Å². The molecule has 0 unspecified atom stereocenters. The summed E-state index contributed by atoms with van der Waals surface area (Å²) in [5, 5.41) is 8.31. The molecule has 0 aliphatic carbocycles. The third kappa shape index (κ3) is 10.1. The smallest absolute Gasteiger partial charge is 0.481 e. The van der Waals surface area contributed by atoms with Gasteiger partial charge in [0.15, 0.2) is 0 Å². The van der Waals surface area contributed by atoms with Crippen molar-refractivity contribution in [2.75, 3.05) is 0 Å². The first kappa shape index (κ1) is 22.6. The van der Waals surface area contributed by atoms with E-state index in [1.54, 1.807) is 31.2 Å². The van der Waals surface area contributed by atoms with Gasteiger partial charge >= 0.3 is 23.0 Å². The van der Waals surface area contributed by atoms with E-state index in [-0.39, 0.29) is 35.7 Å². The van der Waals surface area contributed by atoms with Gasteiger partial charge in [0.1, 0.15) is 5.78 Å². The number of carboxylic acid groups (broad SMARTS) is 1. The molecule has 2 rings (SSSR count). The summed E-state index contributed by atoms with van der Waals surface area (Å²) in [4.78, 5) is 21.3. The minimum absolute atomic E-state index is 0. The second-order valence-corrected chi connectivity index (χ2v) is 4.14. The van der Waals surface area contributed by atoms with Gasteiger partial charge < -0.3 is 16.8 Å². The molecule has 121 valence electrons. The number of hydrogen-bond acceptors (Lipinski definition) is 2. The summed E-state index contributed by atoms with van der Waals surface area (Å²) < 4.78 is 0. The number of carboxylic acids is 1. The molecule has 0 heterocycles. The minimum Gasteiger partial charge on any atom is -0.481 e. The van der Waals surface area contributed by atoms with Crippen LogP contribution in [0, 0.1) is 6.92 Å². The molecule has 2 aromatic rings. The van der Waals surface area contributed by atoms with E-state index in [1.807, 2.05) is 0 Å². The summed E-state index contributed by atoms with van der Waals surface area (Å²) in [5.74, 6) is -1.04. The second-order valence-electron chi connectivity index (χ2n) is 4.14. The van der Waals surface area contributed by atoms with Crippen LogP contribution in [0.15, 0.2) is 48.5 Å². The van der Waals surface area contributed by atoms with E-state index in [4.69, 9.17) is 5.11 Å². The first-order valence-electron chi connectivity index (χ1n) is 7.01. The van der Waals surface area contributed by atoms with Crippen LogP contribution in [0.25, 0.3) is 0 Å². The fraction of sp³-hybridized carbons (Fsp3) is 0.278. The zero-order valence-corrected chi connectivity index (χ0v) is 14.2. The number of hydrogen-bond donors (Lipinski definition) is 1. The summed E-state index contributed by atoms with van der Waals surface area (Å²) in [6, 6.07) is 15.3. The number of carbonyl (C=O) groups excluding carboxylic acids is 1. The Balaban J connectivity index is 0. The molecule has 0 aromatic heterocycles. The van der Waals surface area contributed by atoms with E-state index in [1.165, 1.54) is 5.56 Å². The Labute approximate surface area is 143 Å². The quantitative estimate of drug-likeness (QED) is 0.501. The van der Waals surface area contributed by atoms with Crippen molar-refractivity contribution in [2.24, 2.45) is 0 Å². The van der Waals surface area contributed by atoms with Crippen molar-refractivity contribution in [1.82, 2.24) is 0 Å². The molecule has 22 heavy (non-hydrogen) atoms. The van der Waals surface area contributed by atoms with E-state index < -0.39 is 5.97 Å². The van der Waals surface area contributed by atoms with Crippen molar-refractivity contribution in [1.29, 1.82) is 0 Å². The fourth-order valence-corrected chi connectivity index (χ4v) is 1.57. The Kier molecular flexibility index (Phi) is 14.7. The van der Waals surface area contributed by atoms with Crippen molar-refractivity contribution in [3.05, 3.63) is 66.6 Å². The van der Waals surface area contributed by atoms with Crippen LogP contribution in [0.1, 0.15) is 42.6 Å². The molecule has 0 saturated heterocycles. The molecule has 1 N–H and O–H groups in total. The topological polar surface area (TPSA) is 54.4 Å². The zero-order chi connectivity index (χ0) is 16.1. The van der Waals surface area contributed by atoms with Gasteiger partial charge in [-0.05, 0) is 0 Å². The molecule has 0 aliphatic rings. The van der Waals surface area contributed by atoms with E-state index >= 15 is 0 Å². The molecule has 1 radical (unpaired) electrons. The van der Waals surface area contributed by atoms with Crippen LogP contribution in [-0.4, -0.2) is 16.9 Å². The Hall–Kier alpha value is -1.64. The first-order chi connectivity index (χ1) is 10.1. The summed E-state index contributed by atoms with van der Waals surface area (Å²) in [7, 11) is 0. The molecule has 0 spiro atoms. The van der Waals surface area contributed by atoms with Gasteiger partial charge in [-0.2, -0.15) is 36.8 Å². The van der Waals surface area contributed by atoms with Crippen molar-refractivity contribution in [3.8, 4) is 0 Å². The third-order valence-electron chi connectivity index (χ3n) is 2.69. The molecule has 0 saturated carbocycles. The van der Waals surface area contributed by atoms with Crippen molar-refractivity contribution >= 4 is 11.8 Å². The SMILES string of the molecule is CC[c-]1cccc1.O=C(O)CCC(=O)[c-]1cccc1.[CH2-]C.[Fe+3]. The van der Waals surface area contributed by atoms with E-state index in [0.29, 0.717) is 5.56 Å². The Bertz CT molecular complexity index is 484. The normalized spacial score (nSPS) is 8.50. The third-order valence-corrected chi connectivity index (χ3v) is 2.69. The Morgan fingerprint density at radius 2 is 1.41 bits per heavy atom. The second kappa shape index (κ2) is 14.3. The van der Waals surface area contributed by atoms with Crippen LogP contribution < -0.4 is 0 Å². The van der Waals surface area contributed by atoms with Gasteiger partial charge in [0.25, 0.3) is 0 Å². The van der Waals surface area contributed by atoms with Crippen molar-refractivity contribution < 1.29 is 31.8 Å². The summed E-state index contributed by atoms with van der Waals surface area (Å²) in [5.41, 5.74) is 2.02. The number of Topliss-reactive ketones (excluding diaryl/α,β-unsaturated/α-hetero) is 1. The summed E-state index contributed by atoms with van der Waals surface area (Å²) >= 11 is 0. The number of aryl methyl sites for hydroxylation is 1. The van der Waals surface area contributed by atoms with Gasteiger partial charge in [0, 0.05) is 6.42 Å². The van der Waals surface area contributed by atoms with Gasteiger partial charge in [-0.3, -0.25) is 4.79 Å². The average Bonchev–Trinajstić information content (AvgIpc) is 3.20. The maximum atomic E-state index is 11.1. The van der Waals surface area contributed by atoms with Gasteiger partial charge in [0.2, 0.25) is 0 Å². The van der Waals surface area contributed by atoms with Crippen LogP contribution in [0.4, 0.5) is 0 Å². The molecular weight excluding hydrogens is 320 g/mol. The largest absolute Gasteiger partial charge is 3.00 e. The zero-order valence-electron chi connectivity index (χ0n) is 13.1. The first-order valence-corrected chi connectivity index (χ1v) is 7.01. The van der Waals surface area contributed by atoms with E-state index in [2.05, 4.69) is 38.1 Å². The van der Waals surface area contributed by atoms with Crippen LogP contribution >= 0.6 is 0 Å². The molecule has 4 heteroatoms. The van der Waals surface area contributed by atoms with Gasteiger partial charge in [-0.25, -0.2) is 24.3 Å². The molecule has 0 bridgehead atoms. The van der Waals surface area contributed by atoms with E-state index in [9.17, 15) is 9.59 Å². The average molecular weight is 343 g/mol. The molecule has 0 fully saturated rings. The molecule has 0 atom stereocenters. The molecular formula is C18H23FeO3. The van der Waals surface area contributed by atoms with Crippen molar-refractivity contribution in [3.63, 3.8) is 0 Å². The molecule has 0 amide bonds. The minimum atomic E-state index is -0.935. The monoisotopic (exact) mass is 343 g/mol. The number of carbonyl (C=O) groups is 2. The Morgan fingerprint density at radius 1 is 0.955 bits per heavy atom. The number of rotatable bonds is 5. The molecule has 3 nitrogen and oxygen atoms in total. The van der Waals surface area contributed by atoms with Gasteiger partial charge in [-0.1, -0.05) is 18.9 Å². The standard InChI is InChI=1S/C9H9O3.C7H9.C2H5.Fe/c10-8(5-6-9(11)12)7-3-1-2-4-7;1-2-7-5-3-4-6-7;1-2;/h1-4H,5-6H2,(H,11,12);3-6H,2H2,1H3;1H2,2H3;/q3*-1;+3. The maximum absolute atomic E-state index is 11.1. The molecule has 0 aliphatic heterocycles. The summed E-state index contributed by atoms with van der Waals surface area (Å²) in [6.07, 6.45) is 1.15. The van der Waals surface area contributed by atoms with Gasteiger partial charge in [0.05, 0.1) is 6.42 Å². The fourth-order valence-electron chi connectivity index (χ4n) is 1.57. The summed E-state index contributed by atoms with van der Waals surface area (Å²) in [6.45, 7) is 7.16. The van der Waals surface area contributed by atoms with Crippen LogP contribution in [-0.2, 0) is 28.3 Å². The predicted molar refractivity (Wildman–Crippen MR) is 85.7 cm³/mol. The van der Waals surface area contributed by atoms with Crippen molar-refractivity contribution in [2.45, 2.75) is 33.1 Å². The number of aliphatic carboxylic acids is 1. The van der Waals surface area contributed by atoms with E-state index in [0.717, 1.165) is 6.42 Å².